The lowest BCUT2D eigenvalue weighted by molar-refractivity contribution is 0.103. The minimum Gasteiger partial charge on any atom is -0.491 e. The largest absolute Gasteiger partial charge is 0.491 e. The second-order valence-corrected chi connectivity index (χ2v) is 7.16. The van der Waals surface area contributed by atoms with E-state index in [1.807, 2.05) is 0 Å². The summed E-state index contributed by atoms with van der Waals surface area (Å²) in [6, 6.07) is 3.30. The van der Waals surface area contributed by atoms with Gasteiger partial charge in [0.15, 0.2) is 11.6 Å². The van der Waals surface area contributed by atoms with E-state index >= 15 is 0 Å². The second kappa shape index (κ2) is 6.55. The van der Waals surface area contributed by atoms with Crippen molar-refractivity contribution in [2.75, 3.05) is 6.61 Å². The van der Waals surface area contributed by atoms with E-state index in [1.165, 1.54) is 12.8 Å². The minimum atomic E-state index is -0.825. The van der Waals surface area contributed by atoms with Crippen LogP contribution < -0.4 is 4.74 Å². The lowest BCUT2D eigenvalue weighted by Gasteiger charge is -2.42. The molecule has 2 aliphatic carbocycles. The van der Waals surface area contributed by atoms with Crippen molar-refractivity contribution < 1.29 is 13.5 Å². The van der Waals surface area contributed by atoms with Crippen molar-refractivity contribution in [1.29, 1.82) is 0 Å². The molecule has 0 aliphatic heterocycles. The second-order valence-electron chi connectivity index (χ2n) is 7.16. The number of rotatable bonds is 4. The van der Waals surface area contributed by atoms with Crippen LogP contribution in [0.1, 0.15) is 63.9 Å². The van der Waals surface area contributed by atoms with Crippen LogP contribution in [0.3, 0.4) is 0 Å². The fraction of sp³-hybridized carbons (Fsp3) is 0.684. The maximum atomic E-state index is 14.3. The molecule has 0 radical (unpaired) electrons. The highest BCUT2D eigenvalue weighted by molar-refractivity contribution is 5.33. The van der Waals surface area contributed by atoms with Crippen LogP contribution in [0.2, 0.25) is 0 Å². The highest BCUT2D eigenvalue weighted by atomic mass is 19.2. The van der Waals surface area contributed by atoms with Gasteiger partial charge in [-0.3, -0.25) is 0 Å². The third-order valence-electron chi connectivity index (χ3n) is 5.67. The van der Waals surface area contributed by atoms with Gasteiger partial charge in [0, 0.05) is 0 Å². The molecule has 2 aliphatic rings. The van der Waals surface area contributed by atoms with Crippen molar-refractivity contribution in [3.63, 3.8) is 0 Å². The predicted octanol–water partition coefficient (Wildman–Crippen LogP) is 5.68. The first-order valence-electron chi connectivity index (χ1n) is 8.70. The molecule has 0 bridgehead atoms. The Morgan fingerprint density at radius 1 is 1.00 bits per heavy atom. The molecule has 0 N–H and O–H groups in total. The monoisotopic (exact) mass is 308 g/mol. The molecule has 0 spiro atoms. The van der Waals surface area contributed by atoms with Gasteiger partial charge in [0.25, 0.3) is 0 Å². The topological polar surface area (TPSA) is 9.23 Å². The molecule has 1 nitrogen and oxygen atoms in total. The summed E-state index contributed by atoms with van der Waals surface area (Å²) in [5, 5.41) is 0. The Morgan fingerprint density at radius 3 is 2.27 bits per heavy atom. The SMILES string of the molecule is CCOc1ccc(C2CCC(C3CC(C)C3)CC2)c(F)c1F. The number of halogens is 2. The number of ether oxygens (including phenoxy) is 1. The summed E-state index contributed by atoms with van der Waals surface area (Å²) < 4.78 is 33.4. The van der Waals surface area contributed by atoms with Gasteiger partial charge in [-0.1, -0.05) is 13.0 Å². The van der Waals surface area contributed by atoms with E-state index in [0.717, 1.165) is 43.4 Å². The van der Waals surface area contributed by atoms with Gasteiger partial charge in [-0.25, -0.2) is 4.39 Å². The quantitative estimate of drug-likeness (QED) is 0.695. The molecule has 3 rings (SSSR count). The number of hydrogen-bond donors (Lipinski definition) is 0. The molecule has 22 heavy (non-hydrogen) atoms. The molecule has 2 fully saturated rings. The Morgan fingerprint density at radius 2 is 1.68 bits per heavy atom. The van der Waals surface area contributed by atoms with Gasteiger partial charge in [0.05, 0.1) is 6.61 Å². The van der Waals surface area contributed by atoms with Gasteiger partial charge in [0.2, 0.25) is 5.82 Å². The lowest BCUT2D eigenvalue weighted by atomic mass is 9.64. The predicted molar refractivity (Wildman–Crippen MR) is 84.1 cm³/mol. The van der Waals surface area contributed by atoms with E-state index in [-0.39, 0.29) is 11.7 Å². The Balaban J connectivity index is 1.64. The van der Waals surface area contributed by atoms with Crippen molar-refractivity contribution in [3.05, 3.63) is 29.3 Å². The van der Waals surface area contributed by atoms with Gasteiger partial charge in [-0.05, 0) is 80.8 Å². The standard InChI is InChI=1S/C19H26F2O/c1-3-22-17-9-8-16(18(20)19(17)21)14-6-4-13(5-7-14)15-10-12(2)11-15/h8-9,12-15H,3-7,10-11H2,1-2H3. The van der Waals surface area contributed by atoms with Gasteiger partial charge < -0.3 is 4.74 Å². The summed E-state index contributed by atoms with van der Waals surface area (Å²) in [7, 11) is 0. The van der Waals surface area contributed by atoms with E-state index in [1.54, 1.807) is 19.1 Å². The summed E-state index contributed by atoms with van der Waals surface area (Å²) >= 11 is 0. The molecule has 0 atom stereocenters. The van der Waals surface area contributed by atoms with Crippen LogP contribution in [-0.2, 0) is 0 Å². The summed E-state index contributed by atoms with van der Waals surface area (Å²) in [6.45, 7) is 4.44. The Kier molecular flexibility index (Phi) is 4.70. The molecule has 1 aromatic carbocycles. The molecule has 0 unspecified atom stereocenters. The van der Waals surface area contributed by atoms with Crippen molar-refractivity contribution in [3.8, 4) is 5.75 Å². The normalized spacial score (nSPS) is 31.6. The van der Waals surface area contributed by atoms with Crippen molar-refractivity contribution in [1.82, 2.24) is 0 Å². The highest BCUT2D eigenvalue weighted by Crippen LogP contribution is 2.47. The third kappa shape index (κ3) is 3.00. The van der Waals surface area contributed by atoms with Crippen LogP contribution in [0.15, 0.2) is 12.1 Å². The van der Waals surface area contributed by atoms with Crippen LogP contribution >= 0.6 is 0 Å². The van der Waals surface area contributed by atoms with Crippen LogP contribution in [0.5, 0.6) is 5.75 Å². The molecule has 0 amide bonds. The summed E-state index contributed by atoms with van der Waals surface area (Å²) in [5.41, 5.74) is 0.543. The zero-order valence-corrected chi connectivity index (χ0v) is 13.6. The summed E-state index contributed by atoms with van der Waals surface area (Å²) in [5.74, 6) is 1.25. The Labute approximate surface area is 132 Å². The molecule has 122 valence electrons. The van der Waals surface area contributed by atoms with Crippen LogP contribution in [0, 0.1) is 29.4 Å². The zero-order valence-electron chi connectivity index (χ0n) is 13.6. The Hall–Kier alpha value is -1.12. The van der Waals surface area contributed by atoms with E-state index in [0.29, 0.717) is 12.2 Å². The van der Waals surface area contributed by atoms with Crippen LogP contribution in [0.4, 0.5) is 8.78 Å². The average Bonchev–Trinajstić information content (AvgIpc) is 2.50. The van der Waals surface area contributed by atoms with Gasteiger partial charge in [-0.2, -0.15) is 4.39 Å². The van der Waals surface area contributed by atoms with Crippen molar-refractivity contribution in [2.24, 2.45) is 17.8 Å². The van der Waals surface area contributed by atoms with Crippen LogP contribution in [-0.4, -0.2) is 6.61 Å². The van der Waals surface area contributed by atoms with Crippen LogP contribution in [0.25, 0.3) is 0 Å². The third-order valence-corrected chi connectivity index (χ3v) is 5.67. The lowest BCUT2D eigenvalue weighted by Crippen LogP contribution is -2.31. The summed E-state index contributed by atoms with van der Waals surface area (Å²) in [4.78, 5) is 0. The molecular weight excluding hydrogens is 282 g/mol. The minimum absolute atomic E-state index is 0.0286. The maximum Gasteiger partial charge on any atom is 0.200 e. The first kappa shape index (κ1) is 15.8. The van der Waals surface area contributed by atoms with Gasteiger partial charge in [-0.15, -0.1) is 0 Å². The molecule has 3 heteroatoms. The number of hydrogen-bond acceptors (Lipinski definition) is 1. The fourth-order valence-electron chi connectivity index (χ4n) is 4.38. The highest BCUT2D eigenvalue weighted by Gasteiger charge is 2.35. The average molecular weight is 308 g/mol. The molecule has 2 saturated carbocycles. The van der Waals surface area contributed by atoms with Crippen molar-refractivity contribution in [2.45, 2.75) is 58.3 Å². The zero-order chi connectivity index (χ0) is 15.7. The fourth-order valence-corrected chi connectivity index (χ4v) is 4.38. The first-order valence-corrected chi connectivity index (χ1v) is 8.70. The number of benzene rings is 1. The molecule has 1 aromatic rings. The van der Waals surface area contributed by atoms with E-state index in [2.05, 4.69) is 6.92 Å². The molecule has 0 aromatic heterocycles. The summed E-state index contributed by atoms with van der Waals surface area (Å²) in [6.07, 6.45) is 7.02. The maximum absolute atomic E-state index is 14.3. The molecule has 0 heterocycles. The van der Waals surface area contributed by atoms with Gasteiger partial charge >= 0.3 is 0 Å². The van der Waals surface area contributed by atoms with Gasteiger partial charge in [0.1, 0.15) is 0 Å². The Bertz CT molecular complexity index is 514. The molecule has 0 saturated heterocycles. The van der Waals surface area contributed by atoms with Crippen molar-refractivity contribution >= 4 is 0 Å². The van der Waals surface area contributed by atoms with E-state index in [9.17, 15) is 8.78 Å². The van der Waals surface area contributed by atoms with E-state index in [4.69, 9.17) is 4.74 Å². The first-order chi connectivity index (χ1) is 10.6. The van der Waals surface area contributed by atoms with E-state index < -0.39 is 11.6 Å². The molecular formula is C19H26F2O. The smallest absolute Gasteiger partial charge is 0.200 e.